The number of nitrogens with one attached hydrogen (secondary N) is 1. The Balaban J connectivity index is 1.21. The van der Waals surface area contributed by atoms with Gasteiger partial charge < -0.3 is 35.3 Å². The molecule has 2 fully saturated rings. The number of thiol groups is 1. The molecule has 6 heterocycles. The number of imidazole rings is 2. The van der Waals surface area contributed by atoms with Crippen LogP contribution < -0.4 is 17.0 Å². The predicted octanol–water partition coefficient (Wildman–Crippen LogP) is 1.35. The molecule has 2 aliphatic rings. The molecule has 0 spiro atoms. The Bertz CT molecular complexity index is 1850. The Labute approximate surface area is 258 Å². The molecule has 19 nitrogen and oxygen atoms in total. The maximum atomic E-state index is 12.2. The molecule has 0 saturated carbocycles. The van der Waals surface area contributed by atoms with Crippen LogP contribution in [0.4, 0.5) is 11.8 Å². The van der Waals surface area contributed by atoms with Crippen molar-refractivity contribution in [1.82, 2.24) is 39.0 Å². The van der Waals surface area contributed by atoms with Gasteiger partial charge in [0.2, 0.25) is 5.95 Å². The first-order valence-electron chi connectivity index (χ1n) is 13.2. The normalized spacial score (nSPS) is 28.5. The second kappa shape index (κ2) is 12.0. The summed E-state index contributed by atoms with van der Waals surface area (Å²) < 4.78 is 44.0. The Kier molecular flexibility index (Phi) is 8.57. The average molecular weight is 691 g/mol. The highest BCUT2D eigenvalue weighted by Crippen LogP contribution is 2.54. The fourth-order valence-electron chi connectivity index (χ4n) is 5.36. The number of hydrogen-bond acceptors (Lipinski definition) is 15. The third-order valence-corrected chi connectivity index (χ3v) is 9.59. The summed E-state index contributed by atoms with van der Waals surface area (Å²) in [6, 6.07) is 0. The molecule has 23 heteroatoms. The van der Waals surface area contributed by atoms with E-state index in [9.17, 15) is 19.1 Å². The van der Waals surface area contributed by atoms with Crippen molar-refractivity contribution in [3.63, 3.8) is 0 Å². The minimum Gasteiger partial charge on any atom is -0.382 e. The number of H-pyrrole nitrogens is 1. The molecule has 0 aliphatic carbocycles. The fourth-order valence-corrected chi connectivity index (χ4v) is 7.59. The third-order valence-electron chi connectivity index (χ3n) is 7.23. The van der Waals surface area contributed by atoms with Gasteiger partial charge in [-0.2, -0.15) is 4.98 Å². The molecule has 4 aromatic rings. The lowest BCUT2D eigenvalue weighted by atomic mass is 9.97. The topological polar surface area (TPSA) is 263 Å². The van der Waals surface area contributed by atoms with E-state index in [1.807, 2.05) is 6.92 Å². The van der Waals surface area contributed by atoms with Crippen molar-refractivity contribution in [3.8, 4) is 0 Å². The van der Waals surface area contributed by atoms with Gasteiger partial charge >= 0.3 is 13.5 Å². The minimum absolute atomic E-state index is 0.0783. The highest BCUT2D eigenvalue weighted by atomic mass is 32.7. The number of nitrogen functional groups attached to an aromatic ring is 2. The molecular formula is C21H28N10O9P2S2. The average Bonchev–Trinajstić information content (AvgIpc) is 3.72. The van der Waals surface area contributed by atoms with Crippen LogP contribution in [0.15, 0.2) is 23.8 Å². The summed E-state index contributed by atoms with van der Waals surface area (Å²) in [5, 5.41) is 0. The zero-order chi connectivity index (χ0) is 31.4. The van der Waals surface area contributed by atoms with Gasteiger partial charge in [-0.05, 0) is 24.6 Å². The molecule has 238 valence electrons. The monoisotopic (exact) mass is 690 g/mol. The quantitative estimate of drug-likeness (QED) is 0.101. The van der Waals surface area contributed by atoms with Crippen molar-refractivity contribution < 1.29 is 37.4 Å². The van der Waals surface area contributed by atoms with Crippen LogP contribution in [-0.4, -0.2) is 73.9 Å². The zero-order valence-electron chi connectivity index (χ0n) is 22.8. The molecule has 6 rings (SSSR count). The second-order valence-corrected chi connectivity index (χ2v) is 15.5. The molecule has 0 aromatic carbocycles. The third kappa shape index (κ3) is 6.27. The van der Waals surface area contributed by atoms with Crippen LogP contribution in [0.2, 0.25) is 0 Å². The number of hydrogen-bond donors (Lipinski definition) is 6. The Morgan fingerprint density at radius 2 is 1.86 bits per heavy atom. The van der Waals surface area contributed by atoms with Crippen molar-refractivity contribution in [2.24, 2.45) is 5.92 Å². The summed E-state index contributed by atoms with van der Waals surface area (Å²) in [5.41, 5.74) is 12.2. The number of aromatic nitrogens is 8. The first-order valence-corrected chi connectivity index (χ1v) is 18.5. The number of ether oxygens (including phenoxy) is 2. The van der Waals surface area contributed by atoms with E-state index >= 15 is 0 Å². The largest absolute Gasteiger partial charge is 0.383 e. The molecule has 2 saturated heterocycles. The molecule has 8 atom stereocenters. The van der Waals surface area contributed by atoms with Crippen molar-refractivity contribution in [2.75, 3.05) is 18.1 Å². The van der Waals surface area contributed by atoms with Crippen LogP contribution in [0.5, 0.6) is 0 Å². The van der Waals surface area contributed by atoms with E-state index in [4.69, 9.17) is 46.3 Å². The molecule has 0 amide bonds. The SMILES string of the molecule is CC[C@@H]1[C@H](OP(O)(=S)O[C@@H]2CC[C@H](n3cnc4c(=O)[nH]c(N)nc43)O2)[C@@H](COP(=O)(O)S)O[C@H]1n1cnc2c(N)ncnc21. The number of aromatic amines is 1. The van der Waals surface area contributed by atoms with Crippen molar-refractivity contribution in [2.45, 2.75) is 57.1 Å². The van der Waals surface area contributed by atoms with Gasteiger partial charge in [0.05, 0.1) is 19.3 Å². The number of fused-ring (bicyclic) bond motifs is 2. The van der Waals surface area contributed by atoms with Crippen LogP contribution in [-0.2, 0) is 39.4 Å². The maximum absolute atomic E-state index is 12.2. The Morgan fingerprint density at radius 1 is 1.11 bits per heavy atom. The highest BCUT2D eigenvalue weighted by molar-refractivity contribution is 8.44. The fraction of sp³-hybridized carbons (Fsp3) is 0.524. The van der Waals surface area contributed by atoms with Gasteiger partial charge in [0.15, 0.2) is 28.9 Å². The highest BCUT2D eigenvalue weighted by Gasteiger charge is 2.49. The molecule has 2 unspecified atom stereocenters. The number of nitrogens with two attached hydrogens (primary N) is 2. The van der Waals surface area contributed by atoms with Crippen LogP contribution in [0.1, 0.15) is 38.6 Å². The van der Waals surface area contributed by atoms with E-state index in [-0.39, 0.29) is 22.9 Å². The smallest absolute Gasteiger partial charge is 0.382 e. The van der Waals surface area contributed by atoms with Gasteiger partial charge in [-0.15, -0.1) is 0 Å². The van der Waals surface area contributed by atoms with Crippen molar-refractivity contribution in [1.29, 1.82) is 0 Å². The Morgan fingerprint density at radius 3 is 2.61 bits per heavy atom. The Hall–Kier alpha value is -2.55. The van der Waals surface area contributed by atoms with Crippen LogP contribution in [0.25, 0.3) is 22.3 Å². The zero-order valence-corrected chi connectivity index (χ0v) is 26.3. The molecule has 0 radical (unpaired) electrons. The van der Waals surface area contributed by atoms with Gasteiger partial charge in [0.1, 0.15) is 36.5 Å². The molecule has 0 bridgehead atoms. The van der Waals surface area contributed by atoms with Gasteiger partial charge in [0.25, 0.3) is 5.56 Å². The second-order valence-electron chi connectivity index (χ2n) is 10.0. The lowest BCUT2D eigenvalue weighted by molar-refractivity contribution is -0.106. The van der Waals surface area contributed by atoms with Gasteiger partial charge in [-0.1, -0.05) is 19.2 Å². The first kappa shape index (κ1) is 31.4. The van der Waals surface area contributed by atoms with Crippen LogP contribution in [0.3, 0.4) is 0 Å². The van der Waals surface area contributed by atoms with E-state index in [0.717, 1.165) is 0 Å². The van der Waals surface area contributed by atoms with Crippen LogP contribution in [0, 0.1) is 5.92 Å². The molecular weight excluding hydrogens is 662 g/mol. The standard InChI is InChI=1S/C21H28N10O9P2S2/c1-2-9-15(10(5-36-41(33,34)43)37-20(9)31-8-26-13-16(22)24-6-25-17(13)31)40-42(35,44)39-12-4-3-11(38-12)30-7-27-14-18(30)28-21(23)29-19(14)32/h6-12,15,20H,2-5H2,1H3,(H,35,44)(H2,22,24,25)(H2,33,34,43)(H3,23,28,29,32)/t9-,10-,11-,12-,15+,20-,42?/m1/s1. The first-order chi connectivity index (χ1) is 20.8. The predicted molar refractivity (Wildman–Crippen MR) is 160 cm³/mol. The maximum Gasteiger partial charge on any atom is 0.383 e. The summed E-state index contributed by atoms with van der Waals surface area (Å²) in [6.45, 7) is -6.78. The lowest BCUT2D eigenvalue weighted by Crippen LogP contribution is -2.33. The summed E-state index contributed by atoms with van der Waals surface area (Å²) in [5.74, 6) is -0.393. The molecule has 44 heavy (non-hydrogen) atoms. The van der Waals surface area contributed by atoms with E-state index < -0.39 is 62.6 Å². The molecule has 4 aromatic heterocycles. The number of rotatable bonds is 10. The van der Waals surface area contributed by atoms with Crippen LogP contribution >= 0.6 is 25.8 Å². The van der Waals surface area contributed by atoms with Gasteiger partial charge in [-0.3, -0.25) is 28.0 Å². The van der Waals surface area contributed by atoms with Gasteiger partial charge in [-0.25, -0.2) is 24.5 Å². The minimum atomic E-state index is -4.20. The summed E-state index contributed by atoms with van der Waals surface area (Å²) in [6.07, 6.45) is 0.994. The molecule has 7 N–H and O–H groups in total. The summed E-state index contributed by atoms with van der Waals surface area (Å²) in [7, 11) is 0. The summed E-state index contributed by atoms with van der Waals surface area (Å²) >= 11 is 8.97. The van der Waals surface area contributed by atoms with Crippen molar-refractivity contribution >= 4 is 71.7 Å². The summed E-state index contributed by atoms with van der Waals surface area (Å²) in [4.78, 5) is 56.1. The van der Waals surface area contributed by atoms with Gasteiger partial charge in [0, 0.05) is 12.3 Å². The van der Waals surface area contributed by atoms with E-state index in [0.29, 0.717) is 30.4 Å². The van der Waals surface area contributed by atoms with E-state index in [1.54, 1.807) is 4.57 Å². The van der Waals surface area contributed by atoms with Crippen molar-refractivity contribution in [3.05, 3.63) is 29.3 Å². The number of nitrogens with zero attached hydrogens (tertiary/aromatic N) is 7. The van der Waals surface area contributed by atoms with E-state index in [1.165, 1.54) is 23.5 Å². The lowest BCUT2D eigenvalue weighted by Gasteiger charge is -2.28. The number of anilines is 2. The molecule has 2 aliphatic heterocycles. The van der Waals surface area contributed by atoms with E-state index in [2.05, 4.69) is 42.2 Å².